The lowest BCUT2D eigenvalue weighted by molar-refractivity contribution is 0.102. The topological polar surface area (TPSA) is 105 Å². The summed E-state index contributed by atoms with van der Waals surface area (Å²) in [6, 6.07) is 14.1. The molecule has 4 aromatic rings. The van der Waals surface area contributed by atoms with Crippen LogP contribution < -0.4 is 11.1 Å². The van der Waals surface area contributed by atoms with Crippen molar-refractivity contribution < 1.29 is 4.79 Å². The fraction of sp³-hybridized carbons (Fsp3) is 0.414. The van der Waals surface area contributed by atoms with E-state index in [1.54, 1.807) is 0 Å². The van der Waals surface area contributed by atoms with Crippen molar-refractivity contribution in [2.45, 2.75) is 64.6 Å². The van der Waals surface area contributed by atoms with Crippen LogP contribution in [-0.4, -0.2) is 49.7 Å². The minimum Gasteiger partial charge on any atom is -0.341 e. The van der Waals surface area contributed by atoms with Crippen molar-refractivity contribution in [3.8, 4) is 11.1 Å². The number of nitrogens with one attached hydrogen (secondary N) is 2. The molecule has 2 aromatic heterocycles. The molecule has 1 atom stereocenters. The third-order valence-corrected chi connectivity index (χ3v) is 7.29. The van der Waals surface area contributed by atoms with E-state index in [4.69, 9.17) is 10.7 Å². The first-order chi connectivity index (χ1) is 18.1. The number of amides is 1. The standard InChI is InChI=1S/C29H37N7O/c1-21-7-6-15-35(21)20-28-33-26-13-12-25(17-27(26)34-28)32-29(37)23-10-8-22(9-11-23)24-18-31-36(19-24)16-5-3-2-4-14-30/h8-13,17-19,21H,2-7,14-16,20,30H2,1H3,(H,32,37)(H,33,34)/t21-/m0/s1. The van der Waals surface area contributed by atoms with Crippen LogP contribution in [0.1, 0.15) is 61.6 Å². The van der Waals surface area contributed by atoms with E-state index in [0.717, 1.165) is 72.7 Å². The molecule has 5 rings (SSSR count). The van der Waals surface area contributed by atoms with E-state index in [-0.39, 0.29) is 5.91 Å². The molecule has 0 radical (unpaired) electrons. The molecule has 8 heteroatoms. The Morgan fingerprint density at radius 3 is 2.73 bits per heavy atom. The molecule has 0 unspecified atom stereocenters. The lowest BCUT2D eigenvalue weighted by Crippen LogP contribution is -2.26. The second-order valence-corrected chi connectivity index (χ2v) is 10.1. The number of rotatable bonds is 11. The highest BCUT2D eigenvalue weighted by Crippen LogP contribution is 2.23. The molecule has 1 amide bonds. The molecule has 0 spiro atoms. The van der Waals surface area contributed by atoms with Gasteiger partial charge in [0.1, 0.15) is 5.82 Å². The Hall–Kier alpha value is -3.49. The molecule has 3 heterocycles. The average molecular weight is 500 g/mol. The van der Waals surface area contributed by atoms with Crippen LogP contribution in [-0.2, 0) is 13.1 Å². The van der Waals surface area contributed by atoms with E-state index >= 15 is 0 Å². The fourth-order valence-electron chi connectivity index (χ4n) is 5.06. The molecule has 194 valence electrons. The number of hydrogen-bond acceptors (Lipinski definition) is 5. The van der Waals surface area contributed by atoms with Gasteiger partial charge in [-0.2, -0.15) is 5.10 Å². The first kappa shape index (κ1) is 25.2. The van der Waals surface area contributed by atoms with E-state index in [9.17, 15) is 4.79 Å². The number of imidazole rings is 1. The Morgan fingerprint density at radius 2 is 1.95 bits per heavy atom. The van der Waals surface area contributed by atoms with E-state index in [1.165, 1.54) is 25.7 Å². The number of benzene rings is 2. The predicted molar refractivity (Wildman–Crippen MR) is 148 cm³/mol. The highest BCUT2D eigenvalue weighted by molar-refractivity contribution is 6.05. The third-order valence-electron chi connectivity index (χ3n) is 7.29. The summed E-state index contributed by atoms with van der Waals surface area (Å²) < 4.78 is 1.99. The number of aryl methyl sites for hydroxylation is 1. The van der Waals surface area contributed by atoms with Gasteiger partial charge in [0.05, 0.1) is 23.8 Å². The monoisotopic (exact) mass is 499 g/mol. The number of H-pyrrole nitrogens is 1. The number of carbonyl (C=O) groups is 1. The molecule has 1 saturated heterocycles. The summed E-state index contributed by atoms with van der Waals surface area (Å²) in [4.78, 5) is 23.5. The fourth-order valence-corrected chi connectivity index (χ4v) is 5.06. The predicted octanol–water partition coefficient (Wildman–Crippen LogP) is 5.18. The number of aromatic amines is 1. The molecule has 1 aliphatic heterocycles. The molecule has 0 aliphatic carbocycles. The van der Waals surface area contributed by atoms with Crippen molar-refractivity contribution in [3.05, 3.63) is 66.2 Å². The normalized spacial score (nSPS) is 16.0. The van der Waals surface area contributed by atoms with E-state index in [2.05, 4.69) is 33.4 Å². The number of nitrogens with zero attached hydrogens (tertiary/aromatic N) is 4. The molecule has 1 aliphatic rings. The number of unbranched alkanes of at least 4 members (excludes halogenated alkanes) is 3. The van der Waals surface area contributed by atoms with Crippen LogP contribution in [0.2, 0.25) is 0 Å². The van der Waals surface area contributed by atoms with Gasteiger partial charge in [-0.25, -0.2) is 4.98 Å². The third kappa shape index (κ3) is 6.26. The van der Waals surface area contributed by atoms with E-state index in [1.807, 2.05) is 53.3 Å². The Balaban J connectivity index is 1.18. The van der Waals surface area contributed by atoms with Crippen LogP contribution in [0.3, 0.4) is 0 Å². The highest BCUT2D eigenvalue weighted by Gasteiger charge is 2.21. The highest BCUT2D eigenvalue weighted by atomic mass is 16.1. The van der Waals surface area contributed by atoms with Crippen molar-refractivity contribution in [2.75, 3.05) is 18.4 Å². The van der Waals surface area contributed by atoms with Gasteiger partial charge in [-0.3, -0.25) is 14.4 Å². The summed E-state index contributed by atoms with van der Waals surface area (Å²) >= 11 is 0. The molecule has 37 heavy (non-hydrogen) atoms. The van der Waals surface area contributed by atoms with Gasteiger partial charge in [0.2, 0.25) is 0 Å². The maximum Gasteiger partial charge on any atom is 0.255 e. The van der Waals surface area contributed by atoms with Crippen molar-refractivity contribution in [1.82, 2.24) is 24.6 Å². The lowest BCUT2D eigenvalue weighted by atomic mass is 10.1. The Kier molecular flexibility index (Phi) is 7.96. The Bertz CT molecular complexity index is 1320. The summed E-state index contributed by atoms with van der Waals surface area (Å²) in [5, 5.41) is 7.50. The van der Waals surface area contributed by atoms with Crippen LogP contribution >= 0.6 is 0 Å². The lowest BCUT2D eigenvalue weighted by Gasteiger charge is -2.19. The van der Waals surface area contributed by atoms with Gasteiger partial charge < -0.3 is 16.0 Å². The number of fused-ring (bicyclic) bond motifs is 1. The molecule has 0 saturated carbocycles. The summed E-state index contributed by atoms with van der Waals surface area (Å²) in [6.07, 6.45) is 11.0. The molecule has 4 N–H and O–H groups in total. The molecule has 1 fully saturated rings. The minimum absolute atomic E-state index is 0.135. The van der Waals surface area contributed by atoms with Gasteiger partial charge in [-0.15, -0.1) is 0 Å². The molecular formula is C29H37N7O. The van der Waals surface area contributed by atoms with Gasteiger partial charge in [-0.05, 0) is 81.6 Å². The molecular weight excluding hydrogens is 462 g/mol. The quantitative estimate of drug-likeness (QED) is 0.247. The first-order valence-electron chi connectivity index (χ1n) is 13.5. The van der Waals surface area contributed by atoms with Crippen LogP contribution in [0.5, 0.6) is 0 Å². The van der Waals surface area contributed by atoms with Gasteiger partial charge >= 0.3 is 0 Å². The summed E-state index contributed by atoms with van der Waals surface area (Å²) in [6.45, 7) is 5.90. The average Bonchev–Trinajstić information content (AvgIpc) is 3.64. The molecule has 8 nitrogen and oxygen atoms in total. The van der Waals surface area contributed by atoms with Crippen LogP contribution in [0.25, 0.3) is 22.2 Å². The Labute approximate surface area is 218 Å². The van der Waals surface area contributed by atoms with E-state index < -0.39 is 0 Å². The van der Waals surface area contributed by atoms with Crippen LogP contribution in [0.15, 0.2) is 54.9 Å². The molecule has 2 aromatic carbocycles. The Morgan fingerprint density at radius 1 is 1.11 bits per heavy atom. The van der Waals surface area contributed by atoms with Gasteiger partial charge in [0, 0.05) is 35.6 Å². The minimum atomic E-state index is -0.135. The number of aromatic nitrogens is 4. The van der Waals surface area contributed by atoms with Crippen LogP contribution in [0.4, 0.5) is 5.69 Å². The van der Waals surface area contributed by atoms with E-state index in [0.29, 0.717) is 11.6 Å². The maximum absolute atomic E-state index is 12.9. The maximum atomic E-state index is 12.9. The van der Waals surface area contributed by atoms with Crippen molar-refractivity contribution in [2.24, 2.45) is 5.73 Å². The number of anilines is 1. The van der Waals surface area contributed by atoms with Gasteiger partial charge in [-0.1, -0.05) is 25.0 Å². The zero-order valence-electron chi connectivity index (χ0n) is 21.6. The van der Waals surface area contributed by atoms with Gasteiger partial charge in [0.15, 0.2) is 0 Å². The van der Waals surface area contributed by atoms with Crippen LogP contribution in [0, 0.1) is 0 Å². The zero-order chi connectivity index (χ0) is 25.6. The van der Waals surface area contributed by atoms with Crippen molar-refractivity contribution >= 4 is 22.6 Å². The second-order valence-electron chi connectivity index (χ2n) is 10.1. The molecule has 0 bridgehead atoms. The summed E-state index contributed by atoms with van der Waals surface area (Å²) in [5.41, 5.74) is 10.9. The SMILES string of the molecule is C[C@H]1CCCN1Cc1nc2ccc(NC(=O)c3ccc(-c4cnn(CCCCCCN)c4)cc3)cc2[nH]1. The van der Waals surface area contributed by atoms with Crippen molar-refractivity contribution in [1.29, 1.82) is 0 Å². The zero-order valence-corrected chi connectivity index (χ0v) is 21.6. The van der Waals surface area contributed by atoms with Gasteiger partial charge in [0.25, 0.3) is 5.91 Å². The number of nitrogens with two attached hydrogens (primary N) is 1. The first-order valence-corrected chi connectivity index (χ1v) is 13.5. The smallest absolute Gasteiger partial charge is 0.255 e. The summed E-state index contributed by atoms with van der Waals surface area (Å²) in [7, 11) is 0. The number of likely N-dealkylation sites (tertiary alicyclic amines) is 1. The summed E-state index contributed by atoms with van der Waals surface area (Å²) in [5.74, 6) is 0.836. The number of carbonyl (C=O) groups excluding carboxylic acids is 1. The van der Waals surface area contributed by atoms with Crippen molar-refractivity contribution in [3.63, 3.8) is 0 Å². The number of hydrogen-bond donors (Lipinski definition) is 3. The second kappa shape index (κ2) is 11.7. The largest absolute Gasteiger partial charge is 0.341 e.